The predicted molar refractivity (Wildman–Crippen MR) is 48.2 cm³/mol. The van der Waals surface area contributed by atoms with Crippen LogP contribution >= 0.6 is 0 Å². The van der Waals surface area contributed by atoms with Crippen LogP contribution in [0.2, 0.25) is 0 Å². The van der Waals surface area contributed by atoms with E-state index in [9.17, 15) is 0 Å². The molecular formula is C9H12N2O. The molecule has 0 aliphatic heterocycles. The van der Waals surface area contributed by atoms with Gasteiger partial charge in [0.2, 0.25) is 0 Å². The standard InChI is InChI=1S/C9H12N2O/c10-9(11)8-4-2-1-3-7(8)5-6-12/h1-4,12H,5-6H2,(H3,10,11). The summed E-state index contributed by atoms with van der Waals surface area (Å²) >= 11 is 0. The first-order valence-electron chi connectivity index (χ1n) is 3.79. The zero-order valence-electron chi connectivity index (χ0n) is 6.75. The lowest BCUT2D eigenvalue weighted by Gasteiger charge is -2.05. The van der Waals surface area contributed by atoms with Gasteiger partial charge in [-0.15, -0.1) is 0 Å². The first kappa shape index (κ1) is 8.74. The van der Waals surface area contributed by atoms with Crippen LogP contribution in [0.5, 0.6) is 0 Å². The summed E-state index contributed by atoms with van der Waals surface area (Å²) in [6.07, 6.45) is 0.551. The second-order valence-electron chi connectivity index (χ2n) is 2.54. The van der Waals surface area contributed by atoms with Crippen molar-refractivity contribution in [2.75, 3.05) is 6.61 Å². The molecule has 0 saturated heterocycles. The number of hydrogen-bond acceptors (Lipinski definition) is 2. The maximum atomic E-state index is 8.71. The van der Waals surface area contributed by atoms with Crippen molar-refractivity contribution in [3.05, 3.63) is 35.4 Å². The molecule has 0 unspecified atom stereocenters. The largest absolute Gasteiger partial charge is 0.396 e. The lowest BCUT2D eigenvalue weighted by Crippen LogP contribution is -2.14. The van der Waals surface area contributed by atoms with Crippen LogP contribution in [0, 0.1) is 5.41 Å². The molecule has 1 rings (SSSR count). The molecule has 3 heteroatoms. The molecule has 0 fully saturated rings. The first-order chi connectivity index (χ1) is 5.75. The van der Waals surface area contributed by atoms with Gasteiger partial charge in [0.05, 0.1) is 0 Å². The van der Waals surface area contributed by atoms with Crippen molar-refractivity contribution in [1.29, 1.82) is 5.41 Å². The monoisotopic (exact) mass is 164 g/mol. The fourth-order valence-corrected chi connectivity index (χ4v) is 1.12. The minimum Gasteiger partial charge on any atom is -0.396 e. The van der Waals surface area contributed by atoms with Gasteiger partial charge in [-0.1, -0.05) is 24.3 Å². The topological polar surface area (TPSA) is 70.1 Å². The van der Waals surface area contributed by atoms with E-state index in [1.54, 1.807) is 6.07 Å². The van der Waals surface area contributed by atoms with Crippen molar-refractivity contribution < 1.29 is 5.11 Å². The first-order valence-corrected chi connectivity index (χ1v) is 3.79. The quantitative estimate of drug-likeness (QED) is 0.450. The van der Waals surface area contributed by atoms with E-state index in [0.717, 1.165) is 5.56 Å². The molecule has 0 aliphatic rings. The van der Waals surface area contributed by atoms with Crippen LogP contribution in [0.1, 0.15) is 11.1 Å². The molecule has 0 atom stereocenters. The van der Waals surface area contributed by atoms with Crippen molar-refractivity contribution in [1.82, 2.24) is 0 Å². The maximum Gasteiger partial charge on any atom is 0.123 e. The molecule has 12 heavy (non-hydrogen) atoms. The van der Waals surface area contributed by atoms with Crippen LogP contribution in [0.25, 0.3) is 0 Å². The summed E-state index contributed by atoms with van der Waals surface area (Å²) < 4.78 is 0. The third-order valence-electron chi connectivity index (χ3n) is 1.69. The number of nitrogen functional groups attached to an aromatic ring is 1. The maximum absolute atomic E-state index is 8.71. The number of nitrogens with two attached hydrogens (primary N) is 1. The highest BCUT2D eigenvalue weighted by molar-refractivity contribution is 5.96. The highest BCUT2D eigenvalue weighted by Crippen LogP contribution is 2.07. The summed E-state index contributed by atoms with van der Waals surface area (Å²) in [6.45, 7) is 0.0876. The Kier molecular flexibility index (Phi) is 2.82. The highest BCUT2D eigenvalue weighted by Gasteiger charge is 2.02. The fraction of sp³-hybridized carbons (Fsp3) is 0.222. The normalized spacial score (nSPS) is 9.75. The summed E-state index contributed by atoms with van der Waals surface area (Å²) in [5.41, 5.74) is 6.98. The second-order valence-corrected chi connectivity index (χ2v) is 2.54. The smallest absolute Gasteiger partial charge is 0.123 e. The van der Waals surface area contributed by atoms with Gasteiger partial charge in [0.15, 0.2) is 0 Å². The molecule has 3 nitrogen and oxygen atoms in total. The molecular weight excluding hydrogens is 152 g/mol. The van der Waals surface area contributed by atoms with Gasteiger partial charge in [0.1, 0.15) is 5.84 Å². The van der Waals surface area contributed by atoms with Crippen LogP contribution in [-0.2, 0) is 6.42 Å². The highest BCUT2D eigenvalue weighted by atomic mass is 16.2. The Hall–Kier alpha value is -1.35. The van der Waals surface area contributed by atoms with Crippen molar-refractivity contribution >= 4 is 5.84 Å². The number of rotatable bonds is 3. The Labute approximate surface area is 71.3 Å². The van der Waals surface area contributed by atoms with Crippen molar-refractivity contribution in [2.45, 2.75) is 6.42 Å². The van der Waals surface area contributed by atoms with Gasteiger partial charge >= 0.3 is 0 Å². The Balaban J connectivity index is 3.00. The van der Waals surface area contributed by atoms with E-state index >= 15 is 0 Å². The number of amidine groups is 1. The van der Waals surface area contributed by atoms with E-state index < -0.39 is 0 Å². The van der Waals surface area contributed by atoms with Crippen molar-refractivity contribution in [3.8, 4) is 0 Å². The Bertz CT molecular complexity index is 284. The number of nitrogens with one attached hydrogen (secondary N) is 1. The molecule has 0 heterocycles. The van der Waals surface area contributed by atoms with E-state index in [1.165, 1.54) is 0 Å². The van der Waals surface area contributed by atoms with Crippen LogP contribution in [0.4, 0.5) is 0 Å². The van der Waals surface area contributed by atoms with Crippen LogP contribution in [0.15, 0.2) is 24.3 Å². The van der Waals surface area contributed by atoms with E-state index in [0.29, 0.717) is 12.0 Å². The minimum atomic E-state index is 0.0547. The fourth-order valence-electron chi connectivity index (χ4n) is 1.12. The summed E-state index contributed by atoms with van der Waals surface area (Å²) in [5.74, 6) is 0.0547. The number of benzene rings is 1. The lowest BCUT2D eigenvalue weighted by molar-refractivity contribution is 0.299. The van der Waals surface area contributed by atoms with Crippen molar-refractivity contribution in [2.24, 2.45) is 5.73 Å². The molecule has 0 aromatic heterocycles. The van der Waals surface area contributed by atoms with Gasteiger partial charge in [0, 0.05) is 12.2 Å². The predicted octanol–water partition coefficient (Wildman–Crippen LogP) is 0.505. The Morgan fingerprint density at radius 1 is 1.42 bits per heavy atom. The molecule has 0 saturated carbocycles. The van der Waals surface area contributed by atoms with E-state index in [4.69, 9.17) is 16.2 Å². The molecule has 0 radical (unpaired) electrons. The van der Waals surface area contributed by atoms with Gasteiger partial charge in [0.25, 0.3) is 0 Å². The average Bonchev–Trinajstić information content (AvgIpc) is 2.05. The SMILES string of the molecule is N=C(N)c1ccccc1CCO. The number of aliphatic hydroxyl groups excluding tert-OH is 1. The average molecular weight is 164 g/mol. The van der Waals surface area contributed by atoms with Crippen LogP contribution in [-0.4, -0.2) is 17.5 Å². The summed E-state index contributed by atoms with van der Waals surface area (Å²) in [6, 6.07) is 7.36. The molecule has 0 spiro atoms. The molecule has 1 aromatic rings. The zero-order valence-corrected chi connectivity index (χ0v) is 6.75. The molecule has 0 amide bonds. The van der Waals surface area contributed by atoms with Gasteiger partial charge in [-0.3, -0.25) is 5.41 Å². The zero-order chi connectivity index (χ0) is 8.97. The van der Waals surface area contributed by atoms with Gasteiger partial charge in [-0.05, 0) is 12.0 Å². The molecule has 0 aliphatic carbocycles. The minimum absolute atomic E-state index is 0.0547. The Morgan fingerprint density at radius 3 is 2.67 bits per heavy atom. The molecule has 0 bridgehead atoms. The molecule has 4 N–H and O–H groups in total. The lowest BCUT2D eigenvalue weighted by atomic mass is 10.0. The van der Waals surface area contributed by atoms with Crippen molar-refractivity contribution in [3.63, 3.8) is 0 Å². The Morgan fingerprint density at radius 2 is 2.08 bits per heavy atom. The van der Waals surface area contributed by atoms with Gasteiger partial charge in [-0.2, -0.15) is 0 Å². The second kappa shape index (κ2) is 3.88. The van der Waals surface area contributed by atoms with E-state index in [2.05, 4.69) is 0 Å². The summed E-state index contributed by atoms with van der Waals surface area (Å²) in [5, 5.41) is 16.0. The van der Waals surface area contributed by atoms with Crippen LogP contribution < -0.4 is 5.73 Å². The van der Waals surface area contributed by atoms with Gasteiger partial charge in [-0.25, -0.2) is 0 Å². The summed E-state index contributed by atoms with van der Waals surface area (Å²) in [4.78, 5) is 0. The van der Waals surface area contributed by atoms with Crippen LogP contribution in [0.3, 0.4) is 0 Å². The third kappa shape index (κ3) is 1.83. The summed E-state index contributed by atoms with van der Waals surface area (Å²) in [7, 11) is 0. The molecule has 64 valence electrons. The van der Waals surface area contributed by atoms with Gasteiger partial charge < -0.3 is 10.8 Å². The number of hydrogen-bond donors (Lipinski definition) is 3. The number of aliphatic hydroxyl groups is 1. The van der Waals surface area contributed by atoms with E-state index in [-0.39, 0.29) is 12.4 Å². The third-order valence-corrected chi connectivity index (χ3v) is 1.69. The molecule has 1 aromatic carbocycles. The van der Waals surface area contributed by atoms with E-state index in [1.807, 2.05) is 18.2 Å².